The number of nitrogens with zero attached hydrogens (tertiary/aromatic N) is 1. The van der Waals surface area contributed by atoms with Crippen LogP contribution in [-0.4, -0.2) is 56.4 Å². The molecule has 2 saturated heterocycles. The van der Waals surface area contributed by atoms with Crippen LogP contribution in [0.15, 0.2) is 18.2 Å². The standard InChI is InChI=1S/C21H32N2O4.ClH/c1-25-18-10-7-15(13-20(18)26-2)6-8-16-5-3-4-12-23(16)21(24)19-11-9-17(14-22)27-19;/h7,10,13,16-17,19H,3-6,8-9,11-12,14,22H2,1-2H3;1H/t16?,17-,19+;/m1./s1. The Kier molecular flexibility index (Phi) is 8.86. The number of hydrogen-bond acceptors (Lipinski definition) is 5. The molecule has 1 aromatic rings. The molecular formula is C21H33ClN2O4. The number of aryl methyl sites for hydroxylation is 1. The van der Waals surface area contributed by atoms with Gasteiger partial charge in [-0.2, -0.15) is 0 Å². The van der Waals surface area contributed by atoms with Gasteiger partial charge in [-0.05, 0) is 62.6 Å². The molecule has 7 heteroatoms. The number of likely N-dealkylation sites (tertiary alicyclic amines) is 1. The van der Waals surface area contributed by atoms with Gasteiger partial charge in [0.2, 0.25) is 0 Å². The second-order valence-corrected chi connectivity index (χ2v) is 7.47. The Labute approximate surface area is 174 Å². The summed E-state index contributed by atoms with van der Waals surface area (Å²) in [4.78, 5) is 15.1. The number of methoxy groups -OCH3 is 2. The van der Waals surface area contributed by atoms with Gasteiger partial charge in [0.25, 0.3) is 5.91 Å². The largest absolute Gasteiger partial charge is 0.493 e. The molecule has 3 atom stereocenters. The van der Waals surface area contributed by atoms with Crippen molar-refractivity contribution in [2.75, 3.05) is 27.3 Å². The predicted molar refractivity (Wildman–Crippen MR) is 111 cm³/mol. The van der Waals surface area contributed by atoms with Gasteiger partial charge in [0.1, 0.15) is 6.10 Å². The van der Waals surface area contributed by atoms with E-state index in [1.54, 1.807) is 14.2 Å². The van der Waals surface area contributed by atoms with Crippen molar-refractivity contribution >= 4 is 18.3 Å². The molecule has 0 aliphatic carbocycles. The van der Waals surface area contributed by atoms with E-state index < -0.39 is 0 Å². The van der Waals surface area contributed by atoms with Gasteiger partial charge >= 0.3 is 0 Å². The molecule has 158 valence electrons. The highest BCUT2D eigenvalue weighted by molar-refractivity contribution is 5.85. The molecule has 28 heavy (non-hydrogen) atoms. The SMILES string of the molecule is COc1ccc(CCC2CCCCN2C(=O)[C@@H]2CC[C@H](CN)O2)cc1OC.Cl. The monoisotopic (exact) mass is 412 g/mol. The molecule has 6 nitrogen and oxygen atoms in total. The maximum atomic E-state index is 13.0. The van der Waals surface area contributed by atoms with E-state index in [4.69, 9.17) is 19.9 Å². The number of halogens is 1. The predicted octanol–water partition coefficient (Wildman–Crippen LogP) is 2.95. The van der Waals surface area contributed by atoms with E-state index in [0.717, 1.165) is 56.6 Å². The minimum atomic E-state index is -0.305. The summed E-state index contributed by atoms with van der Waals surface area (Å²) < 4.78 is 16.6. The first-order valence-electron chi connectivity index (χ1n) is 10.0. The number of amides is 1. The lowest BCUT2D eigenvalue weighted by Crippen LogP contribution is -2.48. The first-order chi connectivity index (χ1) is 13.2. The molecule has 0 radical (unpaired) electrons. The molecule has 1 unspecified atom stereocenters. The summed E-state index contributed by atoms with van der Waals surface area (Å²) in [5, 5.41) is 0. The van der Waals surface area contributed by atoms with Crippen LogP contribution in [0.3, 0.4) is 0 Å². The molecule has 2 N–H and O–H groups in total. The van der Waals surface area contributed by atoms with Crippen LogP contribution in [0, 0.1) is 0 Å². The lowest BCUT2D eigenvalue weighted by atomic mass is 9.95. The van der Waals surface area contributed by atoms with Crippen LogP contribution in [0.2, 0.25) is 0 Å². The number of benzene rings is 1. The number of rotatable bonds is 7. The van der Waals surface area contributed by atoms with Crippen molar-refractivity contribution in [1.82, 2.24) is 4.90 Å². The summed E-state index contributed by atoms with van der Waals surface area (Å²) >= 11 is 0. The number of hydrogen-bond donors (Lipinski definition) is 1. The van der Waals surface area contributed by atoms with Gasteiger partial charge < -0.3 is 24.8 Å². The minimum absolute atomic E-state index is 0. The van der Waals surface area contributed by atoms with Crippen molar-refractivity contribution in [3.8, 4) is 11.5 Å². The third kappa shape index (κ3) is 5.31. The van der Waals surface area contributed by atoms with Crippen molar-refractivity contribution in [2.45, 2.75) is 63.2 Å². The summed E-state index contributed by atoms with van der Waals surface area (Å²) in [6.07, 6.45) is 6.58. The van der Waals surface area contributed by atoms with E-state index >= 15 is 0 Å². The Bertz CT molecular complexity index is 643. The molecule has 0 spiro atoms. The lowest BCUT2D eigenvalue weighted by Gasteiger charge is -2.37. The molecule has 2 fully saturated rings. The van der Waals surface area contributed by atoms with E-state index in [1.165, 1.54) is 12.0 Å². The molecule has 0 bridgehead atoms. The Hall–Kier alpha value is -1.50. The van der Waals surface area contributed by atoms with E-state index in [1.807, 2.05) is 12.1 Å². The zero-order valence-corrected chi connectivity index (χ0v) is 17.7. The maximum absolute atomic E-state index is 13.0. The number of piperidine rings is 1. The molecule has 2 aliphatic rings. The number of carbonyl (C=O) groups excluding carboxylic acids is 1. The van der Waals surface area contributed by atoms with Gasteiger partial charge in [0.15, 0.2) is 11.5 Å². The fourth-order valence-electron chi connectivity index (χ4n) is 4.21. The van der Waals surface area contributed by atoms with Gasteiger partial charge in [-0.25, -0.2) is 0 Å². The molecule has 1 amide bonds. The third-order valence-corrected chi connectivity index (χ3v) is 5.77. The summed E-state index contributed by atoms with van der Waals surface area (Å²) in [5.41, 5.74) is 6.89. The van der Waals surface area contributed by atoms with Gasteiger partial charge in [0, 0.05) is 19.1 Å². The first-order valence-corrected chi connectivity index (χ1v) is 10.0. The van der Waals surface area contributed by atoms with Crippen LogP contribution in [0.5, 0.6) is 11.5 Å². The minimum Gasteiger partial charge on any atom is -0.493 e. The Balaban J connectivity index is 0.00000280. The molecule has 2 aliphatic heterocycles. The highest BCUT2D eigenvalue weighted by Gasteiger charge is 2.36. The Morgan fingerprint density at radius 1 is 1.18 bits per heavy atom. The van der Waals surface area contributed by atoms with E-state index in [-0.39, 0.29) is 36.6 Å². The van der Waals surface area contributed by atoms with E-state index in [9.17, 15) is 4.79 Å². The molecule has 2 heterocycles. The fourth-order valence-corrected chi connectivity index (χ4v) is 4.21. The van der Waals surface area contributed by atoms with Crippen LogP contribution in [-0.2, 0) is 16.0 Å². The van der Waals surface area contributed by atoms with Crippen molar-refractivity contribution in [1.29, 1.82) is 0 Å². The Morgan fingerprint density at radius 2 is 1.96 bits per heavy atom. The average Bonchev–Trinajstić information content (AvgIpc) is 3.21. The normalized spacial score (nSPS) is 24.5. The van der Waals surface area contributed by atoms with Gasteiger partial charge in [-0.1, -0.05) is 6.07 Å². The van der Waals surface area contributed by atoms with Crippen LogP contribution in [0.1, 0.15) is 44.1 Å². The van der Waals surface area contributed by atoms with Gasteiger partial charge in [-0.3, -0.25) is 4.79 Å². The summed E-state index contributed by atoms with van der Waals surface area (Å²) in [6, 6.07) is 6.32. The lowest BCUT2D eigenvalue weighted by molar-refractivity contribution is -0.146. The molecule has 0 aromatic heterocycles. The molecule has 3 rings (SSSR count). The van der Waals surface area contributed by atoms with Crippen molar-refractivity contribution < 1.29 is 19.0 Å². The van der Waals surface area contributed by atoms with Crippen LogP contribution >= 0.6 is 12.4 Å². The van der Waals surface area contributed by atoms with Gasteiger partial charge in [0.05, 0.1) is 20.3 Å². The molecule has 0 saturated carbocycles. The smallest absolute Gasteiger partial charge is 0.251 e. The van der Waals surface area contributed by atoms with Crippen molar-refractivity contribution in [3.05, 3.63) is 23.8 Å². The summed E-state index contributed by atoms with van der Waals surface area (Å²) in [7, 11) is 3.29. The Morgan fingerprint density at radius 3 is 2.64 bits per heavy atom. The van der Waals surface area contributed by atoms with E-state index in [0.29, 0.717) is 6.54 Å². The quantitative estimate of drug-likeness (QED) is 0.745. The number of nitrogens with two attached hydrogens (primary N) is 1. The van der Waals surface area contributed by atoms with Crippen LogP contribution in [0.4, 0.5) is 0 Å². The first kappa shape index (κ1) is 22.8. The third-order valence-electron chi connectivity index (χ3n) is 5.77. The summed E-state index contributed by atoms with van der Waals surface area (Å²) in [6.45, 7) is 1.33. The van der Waals surface area contributed by atoms with Crippen LogP contribution < -0.4 is 15.2 Å². The maximum Gasteiger partial charge on any atom is 0.251 e. The number of ether oxygens (including phenoxy) is 3. The zero-order chi connectivity index (χ0) is 19.2. The topological polar surface area (TPSA) is 74.0 Å². The highest BCUT2D eigenvalue weighted by Crippen LogP contribution is 2.30. The second kappa shape index (κ2) is 10.9. The van der Waals surface area contributed by atoms with Crippen LogP contribution in [0.25, 0.3) is 0 Å². The second-order valence-electron chi connectivity index (χ2n) is 7.47. The van der Waals surface area contributed by atoms with Gasteiger partial charge in [-0.15, -0.1) is 12.4 Å². The fraction of sp³-hybridized carbons (Fsp3) is 0.667. The molecular weight excluding hydrogens is 380 g/mol. The highest BCUT2D eigenvalue weighted by atomic mass is 35.5. The molecule has 1 aromatic carbocycles. The number of carbonyl (C=O) groups is 1. The van der Waals surface area contributed by atoms with Crippen molar-refractivity contribution in [3.63, 3.8) is 0 Å². The average molecular weight is 413 g/mol. The zero-order valence-electron chi connectivity index (χ0n) is 16.9. The van der Waals surface area contributed by atoms with Crippen molar-refractivity contribution in [2.24, 2.45) is 5.73 Å². The van der Waals surface area contributed by atoms with E-state index in [2.05, 4.69) is 11.0 Å². The summed E-state index contributed by atoms with van der Waals surface area (Å²) in [5.74, 6) is 1.64.